The molecule has 3 N–H and O–H groups in total. The van der Waals surface area contributed by atoms with E-state index in [0.29, 0.717) is 16.8 Å². The van der Waals surface area contributed by atoms with E-state index in [2.05, 4.69) is 9.97 Å². The molecule has 1 atom stereocenters. The zero-order valence-corrected chi connectivity index (χ0v) is 8.47. The van der Waals surface area contributed by atoms with Crippen LogP contribution in [0.15, 0.2) is 18.5 Å². The average Bonchev–Trinajstić information content (AvgIpc) is 2.75. The summed E-state index contributed by atoms with van der Waals surface area (Å²) in [6.45, 7) is 0. The maximum absolute atomic E-state index is 10.7. The number of hydrogen-bond acceptors (Lipinski definition) is 4. The molecule has 0 spiro atoms. The first-order valence-electron chi connectivity index (χ1n) is 4.56. The first kappa shape index (κ1) is 10.4. The average molecular weight is 222 g/mol. The minimum atomic E-state index is -1.59. The molecule has 0 aliphatic rings. The highest BCUT2D eigenvalue weighted by atomic mass is 16.5. The van der Waals surface area contributed by atoms with Crippen LogP contribution in [-0.4, -0.2) is 33.3 Å². The molecule has 0 aliphatic heterocycles. The molecule has 0 saturated heterocycles. The molecule has 0 amide bonds. The number of ether oxygens (including phenoxy) is 1. The van der Waals surface area contributed by atoms with Crippen molar-refractivity contribution in [2.24, 2.45) is 0 Å². The van der Waals surface area contributed by atoms with Gasteiger partial charge >= 0.3 is 5.97 Å². The Bertz CT molecular complexity index is 535. The number of aliphatic hydroxyl groups excluding tert-OH is 1. The molecule has 6 heteroatoms. The lowest BCUT2D eigenvalue weighted by Gasteiger charge is -2.08. The molecule has 0 radical (unpaired) electrons. The SMILES string of the molecule is COc1ccc(C(O)C(=O)O)c2nc[nH]c12. The fourth-order valence-electron chi connectivity index (χ4n) is 1.55. The second-order valence-corrected chi connectivity index (χ2v) is 3.22. The Hall–Kier alpha value is -2.08. The van der Waals surface area contributed by atoms with Crippen LogP contribution in [0.3, 0.4) is 0 Å². The van der Waals surface area contributed by atoms with Gasteiger partial charge in [-0.2, -0.15) is 0 Å². The third-order valence-corrected chi connectivity index (χ3v) is 2.32. The van der Waals surface area contributed by atoms with Gasteiger partial charge in [-0.25, -0.2) is 9.78 Å². The van der Waals surface area contributed by atoms with Crippen molar-refractivity contribution in [1.82, 2.24) is 9.97 Å². The number of nitrogens with one attached hydrogen (secondary N) is 1. The lowest BCUT2D eigenvalue weighted by Crippen LogP contribution is -2.11. The van der Waals surface area contributed by atoms with E-state index in [9.17, 15) is 9.90 Å². The highest BCUT2D eigenvalue weighted by Gasteiger charge is 2.21. The Morgan fingerprint density at radius 2 is 2.31 bits per heavy atom. The number of methoxy groups -OCH3 is 1. The fraction of sp³-hybridized carbons (Fsp3) is 0.200. The van der Waals surface area contributed by atoms with Gasteiger partial charge in [0.15, 0.2) is 6.10 Å². The molecule has 6 nitrogen and oxygen atoms in total. The van der Waals surface area contributed by atoms with Crippen LogP contribution in [0.1, 0.15) is 11.7 Å². The number of imidazole rings is 1. The van der Waals surface area contributed by atoms with Crippen molar-refractivity contribution in [2.75, 3.05) is 7.11 Å². The largest absolute Gasteiger partial charge is 0.494 e. The highest BCUT2D eigenvalue weighted by molar-refractivity contribution is 5.88. The van der Waals surface area contributed by atoms with Gasteiger partial charge in [-0.15, -0.1) is 0 Å². The molecule has 0 fully saturated rings. The van der Waals surface area contributed by atoms with Crippen molar-refractivity contribution >= 4 is 17.0 Å². The molecule has 0 bridgehead atoms. The van der Waals surface area contributed by atoms with Gasteiger partial charge in [0.1, 0.15) is 11.3 Å². The monoisotopic (exact) mass is 222 g/mol. The molecule has 0 saturated carbocycles. The first-order chi connectivity index (χ1) is 7.65. The van der Waals surface area contributed by atoms with Crippen molar-refractivity contribution in [1.29, 1.82) is 0 Å². The van der Waals surface area contributed by atoms with E-state index in [4.69, 9.17) is 9.84 Å². The minimum absolute atomic E-state index is 0.240. The molecule has 2 aromatic rings. The number of rotatable bonds is 3. The molecule has 84 valence electrons. The molecule has 0 aliphatic carbocycles. The molecule has 2 rings (SSSR count). The van der Waals surface area contributed by atoms with Crippen LogP contribution in [-0.2, 0) is 4.79 Å². The van der Waals surface area contributed by atoms with Gasteiger partial charge in [0.25, 0.3) is 0 Å². The number of carbonyl (C=O) groups is 1. The van der Waals surface area contributed by atoms with Crippen molar-refractivity contribution in [3.05, 3.63) is 24.0 Å². The van der Waals surface area contributed by atoms with E-state index in [1.54, 1.807) is 6.07 Å². The van der Waals surface area contributed by atoms with Gasteiger partial charge in [-0.3, -0.25) is 0 Å². The van der Waals surface area contributed by atoms with Crippen molar-refractivity contribution < 1.29 is 19.7 Å². The molecule has 1 aromatic heterocycles. The second kappa shape index (κ2) is 3.82. The molecular weight excluding hydrogens is 212 g/mol. The van der Waals surface area contributed by atoms with Crippen LogP contribution in [0.2, 0.25) is 0 Å². The zero-order valence-electron chi connectivity index (χ0n) is 8.47. The normalized spacial score (nSPS) is 12.6. The lowest BCUT2D eigenvalue weighted by molar-refractivity contribution is -0.146. The van der Waals surface area contributed by atoms with Crippen LogP contribution < -0.4 is 4.74 Å². The van der Waals surface area contributed by atoms with E-state index in [-0.39, 0.29) is 5.56 Å². The first-order valence-corrected chi connectivity index (χ1v) is 4.56. The van der Waals surface area contributed by atoms with E-state index >= 15 is 0 Å². The second-order valence-electron chi connectivity index (χ2n) is 3.22. The number of aromatic nitrogens is 2. The summed E-state index contributed by atoms with van der Waals surface area (Å²) in [6.07, 6.45) is -0.165. The number of aliphatic carboxylic acids is 1. The number of aliphatic hydroxyl groups is 1. The third kappa shape index (κ3) is 1.49. The van der Waals surface area contributed by atoms with Crippen LogP contribution in [0.25, 0.3) is 11.0 Å². The smallest absolute Gasteiger partial charge is 0.337 e. The Morgan fingerprint density at radius 1 is 1.56 bits per heavy atom. The van der Waals surface area contributed by atoms with Crippen LogP contribution in [0.5, 0.6) is 5.75 Å². The van der Waals surface area contributed by atoms with Crippen molar-refractivity contribution in [3.63, 3.8) is 0 Å². The molecular formula is C10H10N2O4. The van der Waals surface area contributed by atoms with Gasteiger partial charge in [0.05, 0.1) is 19.0 Å². The summed E-state index contributed by atoms with van der Waals surface area (Å²) < 4.78 is 5.08. The van der Waals surface area contributed by atoms with Crippen LogP contribution >= 0.6 is 0 Å². The molecule has 1 unspecified atom stereocenters. The maximum atomic E-state index is 10.7. The molecule has 1 heterocycles. The minimum Gasteiger partial charge on any atom is -0.494 e. The number of aromatic amines is 1. The maximum Gasteiger partial charge on any atom is 0.337 e. The van der Waals surface area contributed by atoms with Gasteiger partial charge in [-0.1, -0.05) is 0 Å². The molecule has 16 heavy (non-hydrogen) atoms. The van der Waals surface area contributed by atoms with Crippen LogP contribution in [0, 0.1) is 0 Å². The summed E-state index contributed by atoms with van der Waals surface area (Å²) in [5.74, 6) is -0.761. The number of carboxylic acids is 1. The number of fused-ring (bicyclic) bond motifs is 1. The topological polar surface area (TPSA) is 95.4 Å². The van der Waals surface area contributed by atoms with Crippen LogP contribution in [0.4, 0.5) is 0 Å². The Morgan fingerprint density at radius 3 is 2.94 bits per heavy atom. The Kier molecular flexibility index (Phi) is 2.49. The summed E-state index contributed by atoms with van der Waals surface area (Å²) in [5.41, 5.74) is 1.21. The van der Waals surface area contributed by atoms with E-state index < -0.39 is 12.1 Å². The fourth-order valence-corrected chi connectivity index (χ4v) is 1.55. The van der Waals surface area contributed by atoms with E-state index in [1.165, 1.54) is 19.5 Å². The summed E-state index contributed by atoms with van der Waals surface area (Å²) >= 11 is 0. The van der Waals surface area contributed by atoms with Gasteiger partial charge in [0, 0.05) is 5.56 Å². The summed E-state index contributed by atoms with van der Waals surface area (Å²) in [6, 6.07) is 3.07. The van der Waals surface area contributed by atoms with Crippen molar-refractivity contribution in [2.45, 2.75) is 6.10 Å². The summed E-state index contributed by atoms with van der Waals surface area (Å²) in [4.78, 5) is 17.5. The number of hydrogen-bond donors (Lipinski definition) is 3. The number of benzene rings is 1. The quantitative estimate of drug-likeness (QED) is 0.710. The number of carboxylic acid groups (broad SMARTS) is 1. The highest BCUT2D eigenvalue weighted by Crippen LogP contribution is 2.28. The van der Waals surface area contributed by atoms with Gasteiger partial charge in [0.2, 0.25) is 0 Å². The Labute approximate surface area is 90.5 Å². The van der Waals surface area contributed by atoms with E-state index in [0.717, 1.165) is 0 Å². The van der Waals surface area contributed by atoms with E-state index in [1.807, 2.05) is 0 Å². The third-order valence-electron chi connectivity index (χ3n) is 2.32. The van der Waals surface area contributed by atoms with Gasteiger partial charge < -0.3 is 19.9 Å². The molecule has 1 aromatic carbocycles. The predicted molar refractivity (Wildman–Crippen MR) is 55.2 cm³/mol. The zero-order chi connectivity index (χ0) is 11.7. The Balaban J connectivity index is 2.64. The summed E-state index contributed by atoms with van der Waals surface area (Å²) in [5, 5.41) is 18.2. The lowest BCUT2D eigenvalue weighted by atomic mass is 10.1. The number of nitrogens with zero attached hydrogens (tertiary/aromatic N) is 1. The predicted octanol–water partition coefficient (Wildman–Crippen LogP) is 0.690. The van der Waals surface area contributed by atoms with Crippen molar-refractivity contribution in [3.8, 4) is 5.75 Å². The number of H-pyrrole nitrogens is 1. The summed E-state index contributed by atoms with van der Waals surface area (Å²) in [7, 11) is 1.50. The van der Waals surface area contributed by atoms with Gasteiger partial charge in [-0.05, 0) is 12.1 Å². The standard InChI is InChI=1S/C10H10N2O4/c1-16-6-3-2-5(9(13)10(14)15)7-8(6)12-4-11-7/h2-4,9,13H,1H3,(H,11,12)(H,14,15).